The summed E-state index contributed by atoms with van der Waals surface area (Å²) >= 11 is 0. The van der Waals surface area contributed by atoms with E-state index in [-0.39, 0.29) is 19.6 Å². The van der Waals surface area contributed by atoms with Crippen LogP contribution < -0.4 is 10.6 Å². The van der Waals surface area contributed by atoms with Crippen molar-refractivity contribution < 1.29 is 78.9 Å². The molecule has 248 valence electrons. The number of carbonyl (C=O) groups is 2. The van der Waals surface area contributed by atoms with Gasteiger partial charge in [0.25, 0.3) is 0 Å². The van der Waals surface area contributed by atoms with E-state index in [0.717, 1.165) is 13.0 Å². The molecule has 0 radical (unpaired) electrons. The molecule has 14 atom stereocenters. The lowest BCUT2D eigenvalue weighted by atomic mass is 9.92. The second-order valence-corrected chi connectivity index (χ2v) is 10.5. The van der Waals surface area contributed by atoms with E-state index >= 15 is 0 Å². The highest BCUT2D eigenvalue weighted by Crippen LogP contribution is 2.36. The molecule has 10 N–H and O–H groups in total. The highest BCUT2D eigenvalue weighted by molar-refractivity contribution is 5.86. The van der Waals surface area contributed by atoms with Crippen molar-refractivity contribution in [1.29, 1.82) is 0 Å². The van der Waals surface area contributed by atoms with Crippen LogP contribution in [0.15, 0.2) is 12.7 Å². The summed E-state index contributed by atoms with van der Waals surface area (Å²) in [5.74, 6) is -1.35. The van der Waals surface area contributed by atoms with Crippen LogP contribution in [0.1, 0.15) is 20.3 Å². The predicted molar refractivity (Wildman–Crippen MR) is 138 cm³/mol. The Hall–Kier alpha value is -1.88. The van der Waals surface area contributed by atoms with Gasteiger partial charge in [0.05, 0.1) is 32.0 Å². The second kappa shape index (κ2) is 15.4. The minimum atomic E-state index is -2.70. The maximum absolute atomic E-state index is 12.2. The number of nitrogens with one attached hydrogen (secondary N) is 2. The Morgan fingerprint density at radius 3 is 2.21 bits per heavy atom. The van der Waals surface area contributed by atoms with Crippen molar-refractivity contribution in [2.45, 2.75) is 106 Å². The average molecular weight is 627 g/mol. The maximum Gasteiger partial charge on any atom is 0.243 e. The van der Waals surface area contributed by atoms with E-state index in [0.29, 0.717) is 0 Å². The first-order valence-electron chi connectivity index (χ1n) is 13.7. The topological polar surface area (TPSA) is 275 Å². The molecule has 0 aliphatic carbocycles. The van der Waals surface area contributed by atoms with Crippen LogP contribution >= 0.6 is 0 Å². The quantitative estimate of drug-likeness (QED) is 0.0549. The van der Waals surface area contributed by atoms with Gasteiger partial charge in [-0.1, -0.05) is 6.58 Å². The van der Waals surface area contributed by atoms with Crippen LogP contribution in [0.4, 0.5) is 0 Å². The zero-order chi connectivity index (χ0) is 32.1. The van der Waals surface area contributed by atoms with Gasteiger partial charge in [0.1, 0.15) is 48.8 Å². The van der Waals surface area contributed by atoms with E-state index in [1.165, 1.54) is 6.92 Å². The molecule has 3 heterocycles. The Morgan fingerprint density at radius 1 is 0.977 bits per heavy atom. The minimum absolute atomic E-state index is 0.0942. The van der Waals surface area contributed by atoms with Crippen LogP contribution in [-0.2, 0) is 38.0 Å². The van der Waals surface area contributed by atoms with Crippen molar-refractivity contribution in [1.82, 2.24) is 10.6 Å². The fraction of sp³-hybridized carbons (Fsp3) is 0.840. The Morgan fingerprint density at radius 2 is 1.63 bits per heavy atom. The van der Waals surface area contributed by atoms with Gasteiger partial charge in [0.15, 0.2) is 12.6 Å². The molecular weight excluding hydrogens is 584 g/mol. The van der Waals surface area contributed by atoms with Crippen molar-refractivity contribution in [2.75, 3.05) is 26.4 Å². The number of hydrogen-bond acceptors (Lipinski definition) is 16. The highest BCUT2D eigenvalue weighted by Gasteiger charge is 2.60. The molecule has 3 rings (SSSR count). The Balaban J connectivity index is 1.91. The predicted octanol–water partition coefficient (Wildman–Crippen LogP) is -5.73. The fourth-order valence-corrected chi connectivity index (χ4v) is 5.00. The van der Waals surface area contributed by atoms with Crippen molar-refractivity contribution in [3.05, 3.63) is 12.7 Å². The third-order valence-electron chi connectivity index (χ3n) is 7.28. The lowest BCUT2D eigenvalue weighted by Gasteiger charge is -2.51. The molecule has 3 aliphatic rings. The molecule has 0 aromatic carbocycles. The van der Waals surface area contributed by atoms with Crippen molar-refractivity contribution in [3.63, 3.8) is 0 Å². The molecular formula is C25H42N2O16. The molecule has 43 heavy (non-hydrogen) atoms. The van der Waals surface area contributed by atoms with Crippen LogP contribution in [0.25, 0.3) is 0 Å². The number of carbonyl (C=O) groups excluding carboxylic acids is 2. The molecule has 3 fully saturated rings. The number of aliphatic hydroxyl groups excluding tert-OH is 7. The zero-order valence-electron chi connectivity index (χ0n) is 23.7. The third kappa shape index (κ3) is 8.24. The number of aliphatic hydroxyl groups is 8. The van der Waals surface area contributed by atoms with Gasteiger partial charge < -0.3 is 79.9 Å². The third-order valence-corrected chi connectivity index (χ3v) is 7.28. The second-order valence-electron chi connectivity index (χ2n) is 10.5. The van der Waals surface area contributed by atoms with E-state index in [9.17, 15) is 50.4 Å². The van der Waals surface area contributed by atoms with Crippen LogP contribution in [0, 0.1) is 0 Å². The Labute approximate surface area is 246 Å². The standard InChI is InChI=1S/C25H42N2O16/c1-4-15(32)26-5-6-38-24-25(37,27-11(3)30)22(19(35)14(9-29)41-24)43-23-21(20(36)18(34)13(8-28)40-23)42-16-7-12(31)17(33)10(2)39-16/h4,10,12-14,16-24,28-29,31,33-37H,1,5-9H2,2-3H3,(H,26,32)(H,27,30)/t10-,12-,13+,14+,16-,17+,18-,19+,20-,21+,22-,23-,24+,25+/m0/s1. The van der Waals surface area contributed by atoms with E-state index in [2.05, 4.69) is 17.2 Å². The summed E-state index contributed by atoms with van der Waals surface area (Å²) in [6, 6.07) is 0. The van der Waals surface area contributed by atoms with E-state index < -0.39 is 111 Å². The van der Waals surface area contributed by atoms with Crippen LogP contribution in [0.3, 0.4) is 0 Å². The fourth-order valence-electron chi connectivity index (χ4n) is 5.00. The molecule has 0 aromatic rings. The Kier molecular flexibility index (Phi) is 12.8. The molecule has 0 unspecified atom stereocenters. The summed E-state index contributed by atoms with van der Waals surface area (Å²) in [7, 11) is 0. The summed E-state index contributed by atoms with van der Waals surface area (Å²) in [5, 5.41) is 88.6. The van der Waals surface area contributed by atoms with Gasteiger partial charge >= 0.3 is 0 Å². The number of hydrogen-bond donors (Lipinski definition) is 10. The first-order valence-corrected chi connectivity index (χ1v) is 13.7. The Bertz CT molecular complexity index is 933. The average Bonchev–Trinajstić information content (AvgIpc) is 2.95. The molecule has 18 heteroatoms. The van der Waals surface area contributed by atoms with Crippen molar-refractivity contribution in [2.24, 2.45) is 0 Å². The van der Waals surface area contributed by atoms with Gasteiger partial charge in [-0.2, -0.15) is 0 Å². The molecule has 0 aromatic heterocycles. The summed E-state index contributed by atoms with van der Waals surface area (Å²) in [5.41, 5.74) is -2.70. The molecule has 18 nitrogen and oxygen atoms in total. The molecule has 3 saturated heterocycles. The highest BCUT2D eigenvalue weighted by atomic mass is 16.8. The van der Waals surface area contributed by atoms with E-state index in [4.69, 9.17) is 28.4 Å². The normalized spacial score (nSPS) is 43.5. The van der Waals surface area contributed by atoms with Crippen LogP contribution in [0.5, 0.6) is 0 Å². The van der Waals surface area contributed by atoms with E-state index in [1.54, 1.807) is 0 Å². The van der Waals surface area contributed by atoms with Gasteiger partial charge in [-0.15, -0.1) is 0 Å². The van der Waals surface area contributed by atoms with Gasteiger partial charge in [0, 0.05) is 19.9 Å². The summed E-state index contributed by atoms with van der Waals surface area (Å²) in [6.45, 7) is 3.81. The van der Waals surface area contributed by atoms with Crippen molar-refractivity contribution >= 4 is 11.8 Å². The molecule has 0 saturated carbocycles. The summed E-state index contributed by atoms with van der Waals surface area (Å²) in [4.78, 5) is 23.6. The summed E-state index contributed by atoms with van der Waals surface area (Å²) < 4.78 is 33.9. The minimum Gasteiger partial charge on any atom is -0.394 e. The molecule has 0 bridgehead atoms. The van der Waals surface area contributed by atoms with Gasteiger partial charge in [0.2, 0.25) is 23.8 Å². The van der Waals surface area contributed by atoms with Crippen LogP contribution in [0.2, 0.25) is 0 Å². The maximum atomic E-state index is 12.2. The number of amides is 2. The van der Waals surface area contributed by atoms with Gasteiger partial charge in [-0.05, 0) is 13.0 Å². The lowest BCUT2D eigenvalue weighted by Crippen LogP contribution is -2.75. The number of rotatable bonds is 12. The monoisotopic (exact) mass is 626 g/mol. The van der Waals surface area contributed by atoms with E-state index in [1.807, 2.05) is 0 Å². The SMILES string of the molecule is C=CC(=O)NCCO[C@@H]1O[C@H](CO)[C@@H](O)[C@H](O[C@@H]2O[C@H](CO)[C@H](O)[C@H](O)[C@H]2O[C@H]2C[C@H](O)[C@H](O)[C@H](C)O2)[C@]1(O)NC(C)=O. The largest absolute Gasteiger partial charge is 0.394 e. The first kappa shape index (κ1) is 35.6. The van der Waals surface area contributed by atoms with Gasteiger partial charge in [-0.25, -0.2) is 0 Å². The van der Waals surface area contributed by atoms with Crippen LogP contribution in [-0.4, -0.2) is 165 Å². The molecule has 2 amide bonds. The smallest absolute Gasteiger partial charge is 0.243 e. The lowest BCUT2D eigenvalue weighted by molar-refractivity contribution is -0.400. The first-order chi connectivity index (χ1) is 20.3. The molecule has 0 spiro atoms. The van der Waals surface area contributed by atoms with Gasteiger partial charge in [-0.3, -0.25) is 9.59 Å². The summed E-state index contributed by atoms with van der Waals surface area (Å²) in [6.07, 6.45) is -19.4. The zero-order valence-corrected chi connectivity index (χ0v) is 23.7. The van der Waals surface area contributed by atoms with Crippen molar-refractivity contribution in [3.8, 4) is 0 Å². The molecule has 3 aliphatic heterocycles. The number of ether oxygens (including phenoxy) is 6.